The van der Waals surface area contributed by atoms with E-state index in [0.717, 1.165) is 24.2 Å². The van der Waals surface area contributed by atoms with Crippen LogP contribution in [0.5, 0.6) is 0 Å². The Hall–Kier alpha value is -0.0800. The highest BCUT2D eigenvalue weighted by Crippen LogP contribution is 2.64. The minimum atomic E-state index is -0.495. The highest BCUT2D eigenvalue weighted by atomic mass is 16.6. The molecule has 0 bridgehead atoms. The van der Waals surface area contributed by atoms with Crippen LogP contribution in [-0.4, -0.2) is 17.5 Å². The van der Waals surface area contributed by atoms with Gasteiger partial charge >= 0.3 is 0 Å². The van der Waals surface area contributed by atoms with Crippen LogP contribution in [0.15, 0.2) is 0 Å². The number of hydrogen-bond donors (Lipinski definition) is 1. The standard InChI is InChI=1S/C18H30O2/c1-17-9-3-4-13(17)12-5-6-15-18(2,14(12)7-10-17)11-8-16(19)20-15/h12-16,19H,3-11H2,1-2H3. The number of aliphatic hydroxyl groups is 1. The van der Waals surface area contributed by atoms with Crippen LogP contribution in [0.2, 0.25) is 0 Å². The third-order valence-corrected chi connectivity index (χ3v) is 7.81. The summed E-state index contributed by atoms with van der Waals surface area (Å²) in [6, 6.07) is 0. The van der Waals surface area contributed by atoms with E-state index in [0.29, 0.717) is 16.9 Å². The van der Waals surface area contributed by atoms with Gasteiger partial charge in [0.2, 0.25) is 0 Å². The van der Waals surface area contributed by atoms with Gasteiger partial charge in [-0.3, -0.25) is 0 Å². The fourth-order valence-electron chi connectivity index (χ4n) is 6.68. The van der Waals surface area contributed by atoms with Crippen LogP contribution in [0.25, 0.3) is 0 Å². The van der Waals surface area contributed by atoms with Gasteiger partial charge in [0.25, 0.3) is 0 Å². The Balaban J connectivity index is 1.62. The second kappa shape index (κ2) is 4.46. The fourth-order valence-corrected chi connectivity index (χ4v) is 6.68. The number of ether oxygens (including phenoxy) is 1. The normalized spacial score (nSPS) is 58.6. The van der Waals surface area contributed by atoms with Gasteiger partial charge in [-0.15, -0.1) is 0 Å². The summed E-state index contributed by atoms with van der Waals surface area (Å²) >= 11 is 0. The van der Waals surface area contributed by atoms with Gasteiger partial charge in [-0.25, -0.2) is 0 Å². The molecule has 0 spiro atoms. The first kappa shape index (κ1) is 13.6. The molecule has 2 heteroatoms. The third kappa shape index (κ3) is 1.76. The van der Waals surface area contributed by atoms with E-state index in [1.807, 2.05) is 0 Å². The maximum atomic E-state index is 9.83. The first-order chi connectivity index (χ1) is 9.53. The Morgan fingerprint density at radius 2 is 1.75 bits per heavy atom. The van der Waals surface area contributed by atoms with E-state index in [-0.39, 0.29) is 0 Å². The molecule has 1 aliphatic heterocycles. The largest absolute Gasteiger partial charge is 0.368 e. The van der Waals surface area contributed by atoms with Gasteiger partial charge in [-0.05, 0) is 80.0 Å². The number of fused-ring (bicyclic) bond motifs is 5. The molecule has 0 aromatic carbocycles. The molecule has 114 valence electrons. The smallest absolute Gasteiger partial charge is 0.154 e. The zero-order valence-electron chi connectivity index (χ0n) is 13.1. The van der Waals surface area contributed by atoms with Gasteiger partial charge < -0.3 is 9.84 Å². The van der Waals surface area contributed by atoms with E-state index >= 15 is 0 Å². The molecule has 1 N–H and O–H groups in total. The summed E-state index contributed by atoms with van der Waals surface area (Å²) in [4.78, 5) is 0. The number of hydrogen-bond acceptors (Lipinski definition) is 2. The maximum Gasteiger partial charge on any atom is 0.154 e. The van der Waals surface area contributed by atoms with E-state index in [1.54, 1.807) is 0 Å². The second-order valence-electron chi connectivity index (χ2n) is 8.66. The number of rotatable bonds is 0. The second-order valence-corrected chi connectivity index (χ2v) is 8.66. The predicted octanol–water partition coefficient (Wildman–Crippen LogP) is 4.12. The lowest BCUT2D eigenvalue weighted by atomic mass is 9.48. The summed E-state index contributed by atoms with van der Waals surface area (Å²) in [7, 11) is 0. The molecular weight excluding hydrogens is 248 g/mol. The van der Waals surface area contributed by atoms with Crippen molar-refractivity contribution in [3.05, 3.63) is 0 Å². The van der Waals surface area contributed by atoms with Crippen LogP contribution < -0.4 is 0 Å². The minimum Gasteiger partial charge on any atom is -0.368 e. The van der Waals surface area contributed by atoms with Crippen molar-refractivity contribution in [2.75, 3.05) is 0 Å². The van der Waals surface area contributed by atoms with Gasteiger partial charge in [0.1, 0.15) is 0 Å². The zero-order valence-corrected chi connectivity index (χ0v) is 13.1. The van der Waals surface area contributed by atoms with Crippen molar-refractivity contribution >= 4 is 0 Å². The average Bonchev–Trinajstić information content (AvgIpc) is 2.81. The molecule has 7 atom stereocenters. The summed E-state index contributed by atoms with van der Waals surface area (Å²) in [5.41, 5.74) is 0.992. The lowest BCUT2D eigenvalue weighted by Gasteiger charge is -2.59. The molecule has 1 saturated heterocycles. The summed E-state index contributed by atoms with van der Waals surface area (Å²) in [5, 5.41) is 9.83. The van der Waals surface area contributed by atoms with Gasteiger partial charge in [0, 0.05) is 0 Å². The molecule has 0 radical (unpaired) electrons. The maximum absolute atomic E-state index is 9.83. The molecule has 4 fully saturated rings. The quantitative estimate of drug-likeness (QED) is 0.722. The summed E-state index contributed by atoms with van der Waals surface area (Å²) in [6.07, 6.45) is 11.6. The molecule has 4 aliphatic rings. The van der Waals surface area contributed by atoms with Crippen LogP contribution in [0.1, 0.15) is 71.6 Å². The first-order valence-corrected chi connectivity index (χ1v) is 8.86. The lowest BCUT2D eigenvalue weighted by Crippen LogP contribution is -2.56. The topological polar surface area (TPSA) is 29.5 Å². The Bertz CT molecular complexity index is 395. The zero-order chi connectivity index (χ0) is 14.0. The Kier molecular flexibility index (Phi) is 3.03. The van der Waals surface area contributed by atoms with Crippen molar-refractivity contribution in [2.45, 2.75) is 84.0 Å². The molecule has 20 heavy (non-hydrogen) atoms. The summed E-state index contributed by atoms with van der Waals surface area (Å²) in [6.45, 7) is 5.04. The first-order valence-electron chi connectivity index (χ1n) is 8.86. The van der Waals surface area contributed by atoms with Crippen LogP contribution in [0.3, 0.4) is 0 Å². The molecule has 7 unspecified atom stereocenters. The third-order valence-electron chi connectivity index (χ3n) is 7.81. The Morgan fingerprint density at radius 3 is 2.60 bits per heavy atom. The molecule has 2 nitrogen and oxygen atoms in total. The molecular formula is C18H30O2. The lowest BCUT2D eigenvalue weighted by molar-refractivity contribution is -0.247. The predicted molar refractivity (Wildman–Crippen MR) is 79.1 cm³/mol. The monoisotopic (exact) mass is 278 g/mol. The van der Waals surface area contributed by atoms with E-state index in [1.165, 1.54) is 51.4 Å². The van der Waals surface area contributed by atoms with Gasteiger partial charge in [-0.2, -0.15) is 0 Å². The van der Waals surface area contributed by atoms with Crippen LogP contribution in [0.4, 0.5) is 0 Å². The van der Waals surface area contributed by atoms with Crippen molar-refractivity contribution in [3.63, 3.8) is 0 Å². The molecule has 1 heterocycles. The minimum absolute atomic E-state index is 0.318. The SMILES string of the molecule is CC12CCCC1C1CCC3OC(O)CCC3(C)C1CC2. The van der Waals surface area contributed by atoms with Crippen LogP contribution >= 0.6 is 0 Å². The molecule has 3 saturated carbocycles. The van der Waals surface area contributed by atoms with Crippen molar-refractivity contribution in [1.82, 2.24) is 0 Å². The summed E-state index contributed by atoms with van der Waals surface area (Å²) in [5.74, 6) is 2.77. The van der Waals surface area contributed by atoms with Crippen LogP contribution in [0, 0.1) is 28.6 Å². The summed E-state index contributed by atoms with van der Waals surface area (Å²) < 4.78 is 5.93. The van der Waals surface area contributed by atoms with E-state index < -0.39 is 6.29 Å². The van der Waals surface area contributed by atoms with E-state index in [2.05, 4.69) is 13.8 Å². The van der Waals surface area contributed by atoms with Crippen LogP contribution in [-0.2, 0) is 4.74 Å². The van der Waals surface area contributed by atoms with Crippen molar-refractivity contribution in [2.24, 2.45) is 28.6 Å². The fraction of sp³-hybridized carbons (Fsp3) is 1.00. The van der Waals surface area contributed by atoms with Gasteiger partial charge in [0.05, 0.1) is 6.10 Å². The highest BCUT2D eigenvalue weighted by molar-refractivity contribution is 5.07. The molecule has 0 amide bonds. The van der Waals surface area contributed by atoms with E-state index in [9.17, 15) is 5.11 Å². The molecule has 4 rings (SSSR count). The molecule has 0 aromatic rings. The van der Waals surface area contributed by atoms with Gasteiger partial charge in [-0.1, -0.05) is 20.3 Å². The van der Waals surface area contributed by atoms with Crippen molar-refractivity contribution in [1.29, 1.82) is 0 Å². The van der Waals surface area contributed by atoms with Crippen molar-refractivity contribution in [3.8, 4) is 0 Å². The van der Waals surface area contributed by atoms with Gasteiger partial charge in [0.15, 0.2) is 6.29 Å². The van der Waals surface area contributed by atoms with E-state index in [4.69, 9.17) is 4.74 Å². The molecule has 3 aliphatic carbocycles. The Morgan fingerprint density at radius 1 is 0.900 bits per heavy atom. The molecule has 0 aromatic heterocycles. The van der Waals surface area contributed by atoms with Crippen molar-refractivity contribution < 1.29 is 9.84 Å². The Labute approximate surface area is 123 Å². The number of aliphatic hydroxyl groups excluding tert-OH is 1. The highest BCUT2D eigenvalue weighted by Gasteiger charge is 2.58. The average molecular weight is 278 g/mol.